The molecule has 1 heterocycles. The van der Waals surface area contributed by atoms with Crippen LogP contribution in [0.15, 0.2) is 24.3 Å². The topological polar surface area (TPSA) is 70.2 Å². The minimum Gasteiger partial charge on any atom is -0.347 e. The first-order valence-electron chi connectivity index (χ1n) is 6.73. The Balaban J connectivity index is 2.13. The lowest BCUT2D eigenvalue weighted by atomic mass is 10.3. The monoisotopic (exact) mass is 303 g/mol. The molecule has 0 unspecified atom stereocenters. The van der Waals surface area contributed by atoms with Gasteiger partial charge in [-0.2, -0.15) is 0 Å². The van der Waals surface area contributed by atoms with E-state index < -0.39 is 6.03 Å². The summed E-state index contributed by atoms with van der Waals surface area (Å²) >= 11 is 0. The molecular weight excluding hydrogens is 285 g/mol. The van der Waals surface area contributed by atoms with Gasteiger partial charge < -0.3 is 15.5 Å². The van der Waals surface area contributed by atoms with Crippen LogP contribution >= 0.6 is 0 Å². The van der Waals surface area contributed by atoms with Gasteiger partial charge in [0.1, 0.15) is 5.82 Å². The SMILES string of the molecule is Cc1nc(N(C)C)nc(C)c1NC(=O)Nc1ccc(F)cc1. The number of urea groups is 1. The lowest BCUT2D eigenvalue weighted by Gasteiger charge is -2.16. The first kappa shape index (κ1) is 15.7. The number of aromatic nitrogens is 2. The van der Waals surface area contributed by atoms with E-state index in [1.807, 2.05) is 14.1 Å². The highest BCUT2D eigenvalue weighted by Crippen LogP contribution is 2.20. The van der Waals surface area contributed by atoms with E-state index in [1.54, 1.807) is 18.7 Å². The van der Waals surface area contributed by atoms with E-state index in [0.29, 0.717) is 28.7 Å². The molecule has 2 rings (SSSR count). The zero-order valence-electron chi connectivity index (χ0n) is 12.9. The number of hydrogen-bond acceptors (Lipinski definition) is 4. The Labute approximate surface area is 128 Å². The van der Waals surface area contributed by atoms with Gasteiger partial charge in [-0.15, -0.1) is 0 Å². The molecule has 1 aromatic heterocycles. The lowest BCUT2D eigenvalue weighted by Crippen LogP contribution is -2.22. The van der Waals surface area contributed by atoms with Crippen molar-refractivity contribution in [3.8, 4) is 0 Å². The zero-order valence-corrected chi connectivity index (χ0v) is 12.9. The maximum atomic E-state index is 12.8. The third-order valence-electron chi connectivity index (χ3n) is 3.00. The van der Waals surface area contributed by atoms with Crippen molar-refractivity contribution in [2.45, 2.75) is 13.8 Å². The summed E-state index contributed by atoms with van der Waals surface area (Å²) in [5.74, 6) is 0.227. The van der Waals surface area contributed by atoms with Crippen molar-refractivity contribution in [1.82, 2.24) is 9.97 Å². The van der Waals surface area contributed by atoms with E-state index in [4.69, 9.17) is 0 Å². The first-order valence-corrected chi connectivity index (χ1v) is 6.73. The van der Waals surface area contributed by atoms with Crippen LogP contribution < -0.4 is 15.5 Å². The number of carbonyl (C=O) groups is 1. The average molecular weight is 303 g/mol. The summed E-state index contributed by atoms with van der Waals surface area (Å²) in [5, 5.41) is 5.35. The number of hydrogen-bond donors (Lipinski definition) is 2. The molecule has 0 saturated heterocycles. The van der Waals surface area contributed by atoms with Gasteiger partial charge in [-0.05, 0) is 38.1 Å². The van der Waals surface area contributed by atoms with Gasteiger partial charge >= 0.3 is 6.03 Å². The maximum Gasteiger partial charge on any atom is 0.323 e. The Morgan fingerprint density at radius 1 is 1.05 bits per heavy atom. The van der Waals surface area contributed by atoms with Gasteiger partial charge in [-0.25, -0.2) is 19.2 Å². The van der Waals surface area contributed by atoms with Gasteiger partial charge in [0.25, 0.3) is 0 Å². The van der Waals surface area contributed by atoms with E-state index in [2.05, 4.69) is 20.6 Å². The van der Waals surface area contributed by atoms with Crippen LogP contribution in [0.3, 0.4) is 0 Å². The molecule has 22 heavy (non-hydrogen) atoms. The molecule has 0 fully saturated rings. The number of rotatable bonds is 3. The van der Waals surface area contributed by atoms with Crippen LogP contribution in [0.25, 0.3) is 0 Å². The second-order valence-electron chi connectivity index (χ2n) is 5.05. The summed E-state index contributed by atoms with van der Waals surface area (Å²) in [6.45, 7) is 3.60. The van der Waals surface area contributed by atoms with Crippen molar-refractivity contribution in [1.29, 1.82) is 0 Å². The highest BCUT2D eigenvalue weighted by molar-refractivity contribution is 6.00. The van der Waals surface area contributed by atoms with Gasteiger partial charge in [-0.1, -0.05) is 0 Å². The van der Waals surface area contributed by atoms with Crippen LogP contribution in [-0.4, -0.2) is 30.1 Å². The standard InChI is InChI=1S/C15H18FN5O/c1-9-13(10(2)18-14(17-9)21(3)4)20-15(22)19-12-7-5-11(16)6-8-12/h5-8H,1-4H3,(H2,19,20,22). The molecule has 116 valence electrons. The van der Waals surface area contributed by atoms with Gasteiger partial charge in [0.05, 0.1) is 17.1 Å². The Kier molecular flexibility index (Phi) is 4.55. The van der Waals surface area contributed by atoms with E-state index in [0.717, 1.165) is 0 Å². The van der Waals surface area contributed by atoms with Crippen molar-refractivity contribution >= 4 is 23.4 Å². The largest absolute Gasteiger partial charge is 0.347 e. The van der Waals surface area contributed by atoms with Crippen LogP contribution in [-0.2, 0) is 0 Å². The summed E-state index contributed by atoms with van der Waals surface area (Å²) in [7, 11) is 3.70. The maximum absolute atomic E-state index is 12.8. The van der Waals surface area contributed by atoms with Crippen LogP contribution in [0.5, 0.6) is 0 Å². The molecule has 0 radical (unpaired) electrons. The second kappa shape index (κ2) is 6.38. The minimum atomic E-state index is -0.431. The van der Waals surface area contributed by atoms with Gasteiger partial charge in [0.15, 0.2) is 0 Å². The van der Waals surface area contributed by atoms with E-state index in [-0.39, 0.29) is 5.82 Å². The number of carbonyl (C=O) groups excluding carboxylic acids is 1. The van der Waals surface area contributed by atoms with E-state index >= 15 is 0 Å². The van der Waals surface area contributed by atoms with Crippen molar-refractivity contribution < 1.29 is 9.18 Å². The molecule has 0 aliphatic rings. The number of benzene rings is 1. The molecule has 1 aromatic carbocycles. The number of halogens is 1. The predicted octanol–water partition coefficient (Wildman–Crippen LogP) is 2.94. The molecule has 0 spiro atoms. The summed E-state index contributed by atoms with van der Waals surface area (Å²) in [4.78, 5) is 22.5. The Bertz CT molecular complexity index is 662. The molecule has 2 amide bonds. The molecule has 6 nitrogen and oxygen atoms in total. The van der Waals surface area contributed by atoms with E-state index in [1.165, 1.54) is 24.3 Å². The minimum absolute atomic E-state index is 0.356. The van der Waals surface area contributed by atoms with Crippen LogP contribution in [0.2, 0.25) is 0 Å². The third kappa shape index (κ3) is 3.69. The van der Waals surface area contributed by atoms with Crippen molar-refractivity contribution in [3.63, 3.8) is 0 Å². The Morgan fingerprint density at radius 3 is 2.09 bits per heavy atom. The molecular formula is C15H18FN5O. The number of anilines is 3. The summed E-state index contributed by atoms with van der Waals surface area (Å²) in [6, 6.07) is 5.10. The quantitative estimate of drug-likeness (QED) is 0.914. The molecule has 0 bridgehead atoms. The van der Waals surface area contributed by atoms with Crippen LogP contribution in [0.4, 0.5) is 26.5 Å². The third-order valence-corrected chi connectivity index (χ3v) is 3.00. The Hall–Kier alpha value is -2.70. The summed E-state index contributed by atoms with van der Waals surface area (Å²) in [5.41, 5.74) is 2.40. The van der Waals surface area contributed by atoms with Gasteiger partial charge in [0.2, 0.25) is 5.95 Å². The molecule has 0 aliphatic heterocycles. The molecule has 2 aromatic rings. The van der Waals surface area contributed by atoms with Gasteiger partial charge in [0, 0.05) is 19.8 Å². The van der Waals surface area contributed by atoms with Crippen molar-refractivity contribution in [3.05, 3.63) is 41.5 Å². The molecule has 7 heteroatoms. The highest BCUT2D eigenvalue weighted by Gasteiger charge is 2.12. The fourth-order valence-corrected chi connectivity index (χ4v) is 1.89. The van der Waals surface area contributed by atoms with Crippen molar-refractivity contribution in [2.24, 2.45) is 0 Å². The number of aryl methyl sites for hydroxylation is 2. The second-order valence-corrected chi connectivity index (χ2v) is 5.05. The van der Waals surface area contributed by atoms with E-state index in [9.17, 15) is 9.18 Å². The zero-order chi connectivity index (χ0) is 16.3. The molecule has 0 atom stereocenters. The van der Waals surface area contributed by atoms with Crippen LogP contribution in [0, 0.1) is 19.7 Å². The molecule has 0 saturated carbocycles. The van der Waals surface area contributed by atoms with Crippen LogP contribution in [0.1, 0.15) is 11.4 Å². The summed E-state index contributed by atoms with van der Waals surface area (Å²) < 4.78 is 12.8. The highest BCUT2D eigenvalue weighted by atomic mass is 19.1. The predicted molar refractivity (Wildman–Crippen MR) is 84.9 cm³/mol. The Morgan fingerprint density at radius 2 is 1.59 bits per heavy atom. The molecule has 2 N–H and O–H groups in total. The first-order chi connectivity index (χ1) is 10.4. The summed E-state index contributed by atoms with van der Waals surface area (Å²) in [6.07, 6.45) is 0. The van der Waals surface area contributed by atoms with Crippen molar-refractivity contribution in [2.75, 3.05) is 29.6 Å². The number of amides is 2. The smallest absolute Gasteiger partial charge is 0.323 e. The number of nitrogens with zero attached hydrogens (tertiary/aromatic N) is 3. The molecule has 0 aliphatic carbocycles. The fourth-order valence-electron chi connectivity index (χ4n) is 1.89. The van der Waals surface area contributed by atoms with Gasteiger partial charge in [-0.3, -0.25) is 0 Å². The normalized spacial score (nSPS) is 10.2. The number of nitrogens with one attached hydrogen (secondary N) is 2. The fraction of sp³-hybridized carbons (Fsp3) is 0.267. The lowest BCUT2D eigenvalue weighted by molar-refractivity contribution is 0.262. The average Bonchev–Trinajstić information content (AvgIpc) is 2.45.